The van der Waals surface area contributed by atoms with E-state index in [1.807, 2.05) is 0 Å². The summed E-state index contributed by atoms with van der Waals surface area (Å²) in [5.41, 5.74) is 4.55. The minimum Gasteiger partial charge on any atom is -0.0622 e. The summed E-state index contributed by atoms with van der Waals surface area (Å²) in [6.07, 6.45) is 2.30. The molecule has 1 aromatic rings. The molecule has 0 aliphatic heterocycles. The van der Waals surface area contributed by atoms with Gasteiger partial charge in [-0.2, -0.15) is 0 Å². The molecule has 0 saturated heterocycles. The highest BCUT2D eigenvalue weighted by atomic mass is 14.2. The van der Waals surface area contributed by atoms with E-state index in [0.29, 0.717) is 5.92 Å². The predicted molar refractivity (Wildman–Crippen MR) is 68.5 cm³/mol. The van der Waals surface area contributed by atoms with Crippen molar-refractivity contribution < 1.29 is 0 Å². The van der Waals surface area contributed by atoms with E-state index in [0.717, 1.165) is 18.8 Å². The minimum atomic E-state index is 0.672. The summed E-state index contributed by atoms with van der Waals surface area (Å²) in [7, 11) is 0. The van der Waals surface area contributed by atoms with Crippen LogP contribution in [0.25, 0.3) is 0 Å². The largest absolute Gasteiger partial charge is 0.0622 e. The van der Waals surface area contributed by atoms with Gasteiger partial charge < -0.3 is 0 Å². The Morgan fingerprint density at radius 3 is 2.13 bits per heavy atom. The number of hydrogen-bond donors (Lipinski definition) is 0. The zero-order valence-corrected chi connectivity index (χ0v) is 10.8. The second-order valence-corrected chi connectivity index (χ2v) is 4.77. The molecule has 0 aromatic heterocycles. The Kier molecular flexibility index (Phi) is 4.38. The number of benzene rings is 1. The maximum Gasteiger partial charge on any atom is -0.0165 e. The highest BCUT2D eigenvalue weighted by Crippen LogP contribution is 2.27. The molecule has 0 nitrogen and oxygen atoms in total. The molecule has 0 N–H and O–H groups in total. The molecule has 0 fully saturated rings. The van der Waals surface area contributed by atoms with Gasteiger partial charge in [-0.15, -0.1) is 0 Å². The average molecular weight is 204 g/mol. The van der Waals surface area contributed by atoms with Crippen molar-refractivity contribution in [1.29, 1.82) is 0 Å². The summed E-state index contributed by atoms with van der Waals surface area (Å²) in [5, 5.41) is 0. The van der Waals surface area contributed by atoms with Gasteiger partial charge in [0.05, 0.1) is 0 Å². The molecule has 0 radical (unpaired) electrons. The first-order valence-corrected chi connectivity index (χ1v) is 6.21. The molecule has 0 aliphatic rings. The van der Waals surface area contributed by atoms with E-state index in [9.17, 15) is 0 Å². The summed E-state index contributed by atoms with van der Waals surface area (Å²) < 4.78 is 0. The van der Waals surface area contributed by atoms with Crippen molar-refractivity contribution in [2.75, 3.05) is 0 Å². The third-order valence-corrected chi connectivity index (χ3v) is 3.49. The zero-order chi connectivity index (χ0) is 11.4. The topological polar surface area (TPSA) is 0 Å². The molecule has 1 atom stereocenters. The van der Waals surface area contributed by atoms with Crippen molar-refractivity contribution in [2.45, 2.75) is 53.4 Å². The molecule has 0 saturated carbocycles. The lowest BCUT2D eigenvalue weighted by atomic mass is 9.85. The van der Waals surface area contributed by atoms with Gasteiger partial charge in [-0.1, -0.05) is 52.8 Å². The number of rotatable bonds is 4. The van der Waals surface area contributed by atoms with Crippen molar-refractivity contribution in [3.8, 4) is 0 Å². The average Bonchev–Trinajstić information content (AvgIpc) is 2.27. The summed E-state index contributed by atoms with van der Waals surface area (Å²) in [6.45, 7) is 11.4. The van der Waals surface area contributed by atoms with Gasteiger partial charge in [0.25, 0.3) is 0 Å². The molecule has 15 heavy (non-hydrogen) atoms. The Morgan fingerprint density at radius 2 is 1.67 bits per heavy atom. The van der Waals surface area contributed by atoms with E-state index < -0.39 is 0 Å². The highest BCUT2D eigenvalue weighted by Gasteiger charge is 2.13. The molecule has 0 spiro atoms. The fourth-order valence-electron chi connectivity index (χ4n) is 1.99. The summed E-state index contributed by atoms with van der Waals surface area (Å²) in [4.78, 5) is 0. The van der Waals surface area contributed by atoms with Crippen LogP contribution in [-0.2, 0) is 12.8 Å². The summed E-state index contributed by atoms with van der Waals surface area (Å²) in [5.74, 6) is 1.40. The lowest BCUT2D eigenvalue weighted by Crippen LogP contribution is -2.05. The summed E-state index contributed by atoms with van der Waals surface area (Å²) in [6, 6.07) is 7.00. The predicted octanol–water partition coefficient (Wildman–Crippen LogP) is 4.57. The van der Waals surface area contributed by atoms with Crippen LogP contribution in [0.4, 0.5) is 0 Å². The summed E-state index contributed by atoms with van der Waals surface area (Å²) >= 11 is 0. The van der Waals surface area contributed by atoms with Gasteiger partial charge in [-0.05, 0) is 41.4 Å². The molecule has 0 bridgehead atoms. The van der Waals surface area contributed by atoms with Gasteiger partial charge in [0.15, 0.2) is 0 Å². The van der Waals surface area contributed by atoms with Crippen molar-refractivity contribution >= 4 is 0 Å². The van der Waals surface area contributed by atoms with Gasteiger partial charge >= 0.3 is 0 Å². The second-order valence-electron chi connectivity index (χ2n) is 4.77. The zero-order valence-electron chi connectivity index (χ0n) is 10.8. The van der Waals surface area contributed by atoms with Crippen LogP contribution in [0.5, 0.6) is 0 Å². The first-order chi connectivity index (χ1) is 7.10. The lowest BCUT2D eigenvalue weighted by molar-refractivity contribution is 0.531. The van der Waals surface area contributed by atoms with Gasteiger partial charge in [0.1, 0.15) is 0 Å². The van der Waals surface area contributed by atoms with E-state index in [4.69, 9.17) is 0 Å². The normalized spacial score (nSPS) is 13.2. The molecule has 0 heteroatoms. The molecular weight excluding hydrogens is 180 g/mol. The first kappa shape index (κ1) is 12.3. The van der Waals surface area contributed by atoms with E-state index >= 15 is 0 Å². The van der Waals surface area contributed by atoms with E-state index in [1.165, 1.54) is 11.1 Å². The van der Waals surface area contributed by atoms with Crippen LogP contribution in [-0.4, -0.2) is 0 Å². The molecule has 0 amide bonds. The maximum atomic E-state index is 2.38. The molecule has 1 rings (SSSR count). The van der Waals surface area contributed by atoms with E-state index in [-0.39, 0.29) is 0 Å². The fraction of sp³-hybridized carbons (Fsp3) is 0.600. The lowest BCUT2D eigenvalue weighted by Gasteiger charge is -2.20. The van der Waals surface area contributed by atoms with E-state index in [1.54, 1.807) is 5.56 Å². The van der Waals surface area contributed by atoms with Crippen LogP contribution in [0.15, 0.2) is 18.2 Å². The van der Waals surface area contributed by atoms with Crippen LogP contribution < -0.4 is 0 Å². The molecule has 1 aromatic carbocycles. The van der Waals surface area contributed by atoms with Crippen molar-refractivity contribution in [3.63, 3.8) is 0 Å². The van der Waals surface area contributed by atoms with Gasteiger partial charge in [0, 0.05) is 0 Å². The third kappa shape index (κ3) is 2.84. The maximum absolute atomic E-state index is 2.38. The molecule has 1 unspecified atom stereocenters. The first-order valence-electron chi connectivity index (χ1n) is 6.21. The monoisotopic (exact) mass is 204 g/mol. The Hall–Kier alpha value is -0.780. The smallest absolute Gasteiger partial charge is 0.0165 e. The highest BCUT2D eigenvalue weighted by molar-refractivity contribution is 5.34. The fourth-order valence-corrected chi connectivity index (χ4v) is 1.99. The molecule has 84 valence electrons. The van der Waals surface area contributed by atoms with Crippen LogP contribution in [0.1, 0.15) is 57.2 Å². The molecule has 0 heterocycles. The quantitative estimate of drug-likeness (QED) is 0.674. The molecular formula is C15H24. The standard InChI is InChI=1S/C15H24/c1-6-13-8-9-15(12(5)11(3)4)14(7-2)10-13/h8-12H,6-7H2,1-5H3. The Bertz CT molecular complexity index is 310. The van der Waals surface area contributed by atoms with Gasteiger partial charge in [-0.3, -0.25) is 0 Å². The van der Waals surface area contributed by atoms with Crippen molar-refractivity contribution in [1.82, 2.24) is 0 Å². The third-order valence-electron chi connectivity index (χ3n) is 3.49. The Morgan fingerprint density at radius 1 is 1.00 bits per heavy atom. The second kappa shape index (κ2) is 5.34. The number of aryl methyl sites for hydroxylation is 2. The van der Waals surface area contributed by atoms with Gasteiger partial charge in [0.2, 0.25) is 0 Å². The van der Waals surface area contributed by atoms with Crippen LogP contribution in [0.3, 0.4) is 0 Å². The molecule has 0 aliphatic carbocycles. The van der Waals surface area contributed by atoms with Gasteiger partial charge in [-0.25, -0.2) is 0 Å². The Balaban J connectivity index is 3.07. The van der Waals surface area contributed by atoms with Crippen molar-refractivity contribution in [3.05, 3.63) is 34.9 Å². The number of hydrogen-bond acceptors (Lipinski definition) is 0. The van der Waals surface area contributed by atoms with Crippen LogP contribution in [0.2, 0.25) is 0 Å². The Labute approximate surface area is 94.7 Å². The van der Waals surface area contributed by atoms with E-state index in [2.05, 4.69) is 52.8 Å². The van der Waals surface area contributed by atoms with Crippen LogP contribution in [0, 0.1) is 5.92 Å². The minimum absolute atomic E-state index is 0.672. The van der Waals surface area contributed by atoms with Crippen LogP contribution >= 0.6 is 0 Å². The van der Waals surface area contributed by atoms with Crippen molar-refractivity contribution in [2.24, 2.45) is 5.92 Å². The SMILES string of the molecule is CCc1ccc(C(C)C(C)C)c(CC)c1.